The van der Waals surface area contributed by atoms with Gasteiger partial charge >= 0.3 is 5.97 Å². The van der Waals surface area contributed by atoms with Crippen molar-refractivity contribution in [3.05, 3.63) is 34.3 Å². The summed E-state index contributed by atoms with van der Waals surface area (Å²) < 4.78 is 6.03. The van der Waals surface area contributed by atoms with Gasteiger partial charge in [-0.05, 0) is 46.6 Å². The first-order chi connectivity index (χ1) is 9.08. The lowest BCUT2D eigenvalue weighted by Crippen LogP contribution is -2.27. The molecule has 0 saturated heterocycles. The van der Waals surface area contributed by atoms with Crippen LogP contribution in [0.25, 0.3) is 6.08 Å². The number of likely N-dealkylation sites (N-methyl/N-ethyl adjacent to an activating group) is 1. The van der Waals surface area contributed by atoms with Gasteiger partial charge in [0.25, 0.3) is 0 Å². The van der Waals surface area contributed by atoms with Gasteiger partial charge in [0.15, 0.2) is 0 Å². The number of hydrogen-bond acceptors (Lipinski definition) is 3. The summed E-state index contributed by atoms with van der Waals surface area (Å²) >= 11 is 3.52. The van der Waals surface area contributed by atoms with E-state index in [2.05, 4.69) is 27.8 Å². The SMILES string of the molecule is CCN(CCOC)c1ccc(/C=C/C(=O)O)cc1Br. The highest BCUT2D eigenvalue weighted by atomic mass is 79.9. The number of carboxylic acid groups (broad SMARTS) is 1. The van der Waals surface area contributed by atoms with Crippen LogP contribution in [0.3, 0.4) is 0 Å². The lowest BCUT2D eigenvalue weighted by Gasteiger charge is -2.24. The van der Waals surface area contributed by atoms with Crippen LogP contribution >= 0.6 is 15.9 Å². The molecular formula is C14H18BrNO3. The zero-order chi connectivity index (χ0) is 14.3. The van der Waals surface area contributed by atoms with Crippen LogP contribution in [-0.4, -0.2) is 37.9 Å². The second-order valence-electron chi connectivity index (χ2n) is 3.95. The molecule has 0 unspecified atom stereocenters. The van der Waals surface area contributed by atoms with Gasteiger partial charge in [0.05, 0.1) is 12.3 Å². The quantitative estimate of drug-likeness (QED) is 0.782. The molecule has 0 aromatic heterocycles. The van der Waals surface area contributed by atoms with E-state index in [1.54, 1.807) is 13.2 Å². The number of nitrogens with zero attached hydrogens (tertiary/aromatic N) is 1. The van der Waals surface area contributed by atoms with Crippen LogP contribution in [0.2, 0.25) is 0 Å². The summed E-state index contributed by atoms with van der Waals surface area (Å²) in [6, 6.07) is 5.78. The molecule has 0 fully saturated rings. The molecule has 0 aliphatic carbocycles. The number of halogens is 1. The number of methoxy groups -OCH3 is 1. The van der Waals surface area contributed by atoms with E-state index in [4.69, 9.17) is 9.84 Å². The molecule has 0 aliphatic heterocycles. The van der Waals surface area contributed by atoms with Crippen LogP contribution in [0.15, 0.2) is 28.7 Å². The smallest absolute Gasteiger partial charge is 0.328 e. The van der Waals surface area contributed by atoms with Gasteiger partial charge in [0, 0.05) is 30.7 Å². The number of ether oxygens (including phenoxy) is 1. The lowest BCUT2D eigenvalue weighted by atomic mass is 10.2. The average Bonchev–Trinajstić information content (AvgIpc) is 2.39. The van der Waals surface area contributed by atoms with Crippen molar-refractivity contribution in [2.75, 3.05) is 31.7 Å². The zero-order valence-corrected chi connectivity index (χ0v) is 12.7. The molecule has 104 valence electrons. The molecule has 5 heteroatoms. The first-order valence-corrected chi connectivity index (χ1v) is 6.82. The second kappa shape index (κ2) is 7.96. The number of rotatable bonds is 7. The topological polar surface area (TPSA) is 49.8 Å². The predicted octanol–water partition coefficient (Wildman–Crippen LogP) is 3.02. The molecule has 0 saturated carbocycles. The van der Waals surface area contributed by atoms with E-state index in [1.807, 2.05) is 18.2 Å². The Hall–Kier alpha value is -1.33. The van der Waals surface area contributed by atoms with Gasteiger partial charge in [0.1, 0.15) is 0 Å². The Kier molecular flexibility index (Phi) is 6.59. The van der Waals surface area contributed by atoms with E-state index in [-0.39, 0.29) is 0 Å². The Labute approximate surface area is 121 Å². The van der Waals surface area contributed by atoms with E-state index in [0.717, 1.165) is 34.9 Å². The maximum atomic E-state index is 10.5. The van der Waals surface area contributed by atoms with Gasteiger partial charge in [-0.15, -0.1) is 0 Å². The highest BCUT2D eigenvalue weighted by Gasteiger charge is 2.08. The third-order valence-corrected chi connectivity index (χ3v) is 3.31. The standard InChI is InChI=1S/C14H18BrNO3/c1-3-16(8-9-19-2)13-6-4-11(10-12(13)15)5-7-14(17)18/h4-7,10H,3,8-9H2,1-2H3,(H,17,18)/b7-5+. The van der Waals surface area contributed by atoms with E-state index in [0.29, 0.717) is 6.61 Å². The fourth-order valence-corrected chi connectivity index (χ4v) is 2.35. The molecule has 1 N–H and O–H groups in total. The molecule has 4 nitrogen and oxygen atoms in total. The molecule has 1 rings (SSSR count). The Morgan fingerprint density at radius 3 is 2.79 bits per heavy atom. The van der Waals surface area contributed by atoms with E-state index < -0.39 is 5.97 Å². The third kappa shape index (κ3) is 5.04. The van der Waals surface area contributed by atoms with Gasteiger partial charge in [-0.25, -0.2) is 4.79 Å². The van der Waals surface area contributed by atoms with Crippen molar-refractivity contribution in [3.8, 4) is 0 Å². The van der Waals surface area contributed by atoms with E-state index in [1.165, 1.54) is 0 Å². The monoisotopic (exact) mass is 327 g/mol. The van der Waals surface area contributed by atoms with Crippen LogP contribution in [-0.2, 0) is 9.53 Å². The Morgan fingerprint density at radius 1 is 1.53 bits per heavy atom. The minimum Gasteiger partial charge on any atom is -0.478 e. The Morgan fingerprint density at radius 2 is 2.26 bits per heavy atom. The van der Waals surface area contributed by atoms with Gasteiger partial charge in [-0.1, -0.05) is 6.07 Å². The molecule has 0 spiro atoms. The number of carbonyl (C=O) groups is 1. The molecule has 1 aromatic rings. The fraction of sp³-hybridized carbons (Fsp3) is 0.357. The minimum atomic E-state index is -0.949. The number of aliphatic carboxylic acids is 1. The average molecular weight is 328 g/mol. The number of anilines is 1. The minimum absolute atomic E-state index is 0.668. The lowest BCUT2D eigenvalue weighted by molar-refractivity contribution is -0.131. The molecule has 0 bridgehead atoms. The summed E-state index contributed by atoms with van der Waals surface area (Å²) in [6.07, 6.45) is 2.70. The molecule has 1 aromatic carbocycles. The largest absolute Gasteiger partial charge is 0.478 e. The van der Waals surface area contributed by atoms with Gasteiger partial charge in [0.2, 0.25) is 0 Å². The third-order valence-electron chi connectivity index (χ3n) is 2.68. The molecule has 0 amide bonds. The molecule has 0 radical (unpaired) electrons. The number of hydrogen-bond donors (Lipinski definition) is 1. The van der Waals surface area contributed by atoms with Crippen molar-refractivity contribution >= 4 is 33.7 Å². The van der Waals surface area contributed by atoms with Gasteiger partial charge in [-0.3, -0.25) is 0 Å². The van der Waals surface area contributed by atoms with E-state index >= 15 is 0 Å². The van der Waals surface area contributed by atoms with Gasteiger partial charge < -0.3 is 14.7 Å². The van der Waals surface area contributed by atoms with Crippen LogP contribution in [0.1, 0.15) is 12.5 Å². The molecule has 0 atom stereocenters. The second-order valence-corrected chi connectivity index (χ2v) is 4.81. The summed E-state index contributed by atoms with van der Waals surface area (Å²) in [5.74, 6) is -0.949. The van der Waals surface area contributed by atoms with Crippen molar-refractivity contribution in [1.29, 1.82) is 0 Å². The van der Waals surface area contributed by atoms with Crippen LogP contribution in [0, 0.1) is 0 Å². The summed E-state index contributed by atoms with van der Waals surface area (Å²) in [6.45, 7) is 4.45. The Balaban J connectivity index is 2.89. The predicted molar refractivity (Wildman–Crippen MR) is 80.6 cm³/mol. The van der Waals surface area contributed by atoms with Crippen molar-refractivity contribution in [1.82, 2.24) is 0 Å². The summed E-state index contributed by atoms with van der Waals surface area (Å²) in [4.78, 5) is 12.7. The summed E-state index contributed by atoms with van der Waals surface area (Å²) in [5.41, 5.74) is 1.92. The summed E-state index contributed by atoms with van der Waals surface area (Å²) in [7, 11) is 1.68. The van der Waals surface area contributed by atoms with E-state index in [9.17, 15) is 4.79 Å². The van der Waals surface area contributed by atoms with Crippen LogP contribution in [0.4, 0.5) is 5.69 Å². The molecule has 0 aliphatic rings. The highest BCUT2D eigenvalue weighted by Crippen LogP contribution is 2.27. The van der Waals surface area contributed by atoms with Crippen molar-refractivity contribution in [2.24, 2.45) is 0 Å². The molecule has 19 heavy (non-hydrogen) atoms. The van der Waals surface area contributed by atoms with Crippen molar-refractivity contribution in [2.45, 2.75) is 6.92 Å². The highest BCUT2D eigenvalue weighted by molar-refractivity contribution is 9.10. The molecule has 0 heterocycles. The molecular weight excluding hydrogens is 310 g/mol. The van der Waals surface area contributed by atoms with Crippen molar-refractivity contribution < 1.29 is 14.6 Å². The summed E-state index contributed by atoms with van der Waals surface area (Å²) in [5, 5.41) is 8.60. The van der Waals surface area contributed by atoms with Crippen LogP contribution < -0.4 is 4.90 Å². The van der Waals surface area contributed by atoms with Gasteiger partial charge in [-0.2, -0.15) is 0 Å². The normalized spacial score (nSPS) is 10.9. The maximum Gasteiger partial charge on any atom is 0.328 e. The first kappa shape index (κ1) is 15.7. The fourth-order valence-electron chi connectivity index (χ4n) is 1.70. The first-order valence-electron chi connectivity index (χ1n) is 6.03. The zero-order valence-electron chi connectivity index (χ0n) is 11.1. The van der Waals surface area contributed by atoms with Crippen LogP contribution in [0.5, 0.6) is 0 Å². The number of carboxylic acids is 1. The number of benzene rings is 1. The van der Waals surface area contributed by atoms with Crippen molar-refractivity contribution in [3.63, 3.8) is 0 Å². The maximum absolute atomic E-state index is 10.5. The Bertz CT molecular complexity index is 460.